The molecule has 0 bridgehead atoms. The maximum atomic E-state index is 13.7. The molecule has 0 aliphatic heterocycles. The van der Waals surface area contributed by atoms with Crippen LogP contribution < -0.4 is 5.32 Å². The maximum Gasteiger partial charge on any atom is 0.123 e. The molecule has 1 aliphatic carbocycles. The smallest absolute Gasteiger partial charge is 0.123 e. The van der Waals surface area contributed by atoms with Gasteiger partial charge in [0.05, 0.1) is 0 Å². The summed E-state index contributed by atoms with van der Waals surface area (Å²) < 4.78 is 13.7. The predicted octanol–water partition coefficient (Wildman–Crippen LogP) is 5.04. The minimum atomic E-state index is -0.0884. The second kappa shape index (κ2) is 7.93. The second-order valence-corrected chi connectivity index (χ2v) is 6.66. The summed E-state index contributed by atoms with van der Waals surface area (Å²) >= 11 is 0. The molecule has 0 spiro atoms. The summed E-state index contributed by atoms with van der Waals surface area (Å²) in [7, 11) is 0. The van der Waals surface area contributed by atoms with Crippen molar-refractivity contribution in [3.05, 3.63) is 35.1 Å². The SMILES string of the molecule is CCCNCC1CCC(CC)CC1c1cc(F)ccc1C. The van der Waals surface area contributed by atoms with Crippen LogP contribution in [0.2, 0.25) is 0 Å². The van der Waals surface area contributed by atoms with Crippen LogP contribution in [0.15, 0.2) is 18.2 Å². The molecule has 1 aromatic rings. The highest BCUT2D eigenvalue weighted by atomic mass is 19.1. The van der Waals surface area contributed by atoms with E-state index in [0.717, 1.165) is 19.0 Å². The van der Waals surface area contributed by atoms with Gasteiger partial charge in [0.25, 0.3) is 0 Å². The van der Waals surface area contributed by atoms with E-state index in [-0.39, 0.29) is 5.82 Å². The van der Waals surface area contributed by atoms with Gasteiger partial charge in [0.1, 0.15) is 5.82 Å². The van der Waals surface area contributed by atoms with Crippen LogP contribution in [0.25, 0.3) is 0 Å². The largest absolute Gasteiger partial charge is 0.316 e. The van der Waals surface area contributed by atoms with E-state index >= 15 is 0 Å². The summed E-state index contributed by atoms with van der Waals surface area (Å²) in [5.74, 6) is 1.89. The normalized spacial score (nSPS) is 26.0. The zero-order valence-corrected chi connectivity index (χ0v) is 13.8. The third-order valence-corrected chi connectivity index (χ3v) is 5.15. The Morgan fingerprint density at radius 2 is 2.05 bits per heavy atom. The van der Waals surface area contributed by atoms with Gasteiger partial charge in [-0.3, -0.25) is 0 Å². The summed E-state index contributed by atoms with van der Waals surface area (Å²) in [4.78, 5) is 0. The third-order valence-electron chi connectivity index (χ3n) is 5.15. The average molecular weight is 291 g/mol. The first-order chi connectivity index (χ1) is 10.2. The first-order valence-electron chi connectivity index (χ1n) is 8.62. The lowest BCUT2D eigenvalue weighted by atomic mass is 9.69. The van der Waals surface area contributed by atoms with Gasteiger partial charge < -0.3 is 5.32 Å². The molecule has 2 rings (SSSR count). The molecular weight excluding hydrogens is 261 g/mol. The molecule has 0 aromatic heterocycles. The van der Waals surface area contributed by atoms with E-state index in [4.69, 9.17) is 0 Å². The fraction of sp³-hybridized carbons (Fsp3) is 0.684. The summed E-state index contributed by atoms with van der Waals surface area (Å²) in [6, 6.07) is 5.31. The second-order valence-electron chi connectivity index (χ2n) is 6.66. The number of hydrogen-bond donors (Lipinski definition) is 1. The number of nitrogens with one attached hydrogen (secondary N) is 1. The van der Waals surface area contributed by atoms with E-state index in [1.165, 1.54) is 43.2 Å². The van der Waals surface area contributed by atoms with Crippen molar-refractivity contribution in [2.75, 3.05) is 13.1 Å². The Bertz CT molecular complexity index is 441. The molecule has 21 heavy (non-hydrogen) atoms. The van der Waals surface area contributed by atoms with Crippen LogP contribution in [-0.4, -0.2) is 13.1 Å². The molecule has 1 nitrogen and oxygen atoms in total. The molecule has 1 fully saturated rings. The van der Waals surface area contributed by atoms with Crippen LogP contribution in [0.3, 0.4) is 0 Å². The van der Waals surface area contributed by atoms with E-state index in [1.807, 2.05) is 6.07 Å². The summed E-state index contributed by atoms with van der Waals surface area (Å²) in [5.41, 5.74) is 2.50. The molecule has 0 saturated heterocycles. The molecule has 1 aliphatic rings. The fourth-order valence-corrected chi connectivity index (χ4v) is 3.79. The number of hydrogen-bond acceptors (Lipinski definition) is 1. The molecule has 0 amide bonds. The molecule has 0 radical (unpaired) electrons. The van der Waals surface area contributed by atoms with Crippen molar-refractivity contribution >= 4 is 0 Å². The van der Waals surface area contributed by atoms with Crippen molar-refractivity contribution < 1.29 is 4.39 Å². The lowest BCUT2D eigenvalue weighted by Crippen LogP contribution is -2.32. The fourth-order valence-electron chi connectivity index (χ4n) is 3.79. The Kier molecular flexibility index (Phi) is 6.22. The van der Waals surface area contributed by atoms with Gasteiger partial charge in [-0.05, 0) is 80.3 Å². The number of rotatable bonds is 6. The van der Waals surface area contributed by atoms with Gasteiger partial charge in [-0.2, -0.15) is 0 Å². The number of aryl methyl sites for hydroxylation is 1. The van der Waals surface area contributed by atoms with Gasteiger partial charge in [0, 0.05) is 0 Å². The van der Waals surface area contributed by atoms with Crippen LogP contribution in [0, 0.1) is 24.6 Å². The van der Waals surface area contributed by atoms with Crippen molar-refractivity contribution in [2.24, 2.45) is 11.8 Å². The zero-order valence-electron chi connectivity index (χ0n) is 13.8. The van der Waals surface area contributed by atoms with Crippen molar-refractivity contribution in [2.45, 2.75) is 58.8 Å². The topological polar surface area (TPSA) is 12.0 Å². The van der Waals surface area contributed by atoms with E-state index in [0.29, 0.717) is 11.8 Å². The molecule has 1 aromatic carbocycles. The summed E-state index contributed by atoms with van der Waals surface area (Å²) in [6.07, 6.45) is 6.25. The van der Waals surface area contributed by atoms with Gasteiger partial charge in [-0.15, -0.1) is 0 Å². The molecule has 2 heteroatoms. The molecule has 3 unspecified atom stereocenters. The van der Waals surface area contributed by atoms with E-state index in [2.05, 4.69) is 26.1 Å². The third kappa shape index (κ3) is 4.29. The van der Waals surface area contributed by atoms with Crippen LogP contribution in [0.1, 0.15) is 63.0 Å². The summed E-state index contributed by atoms with van der Waals surface area (Å²) in [6.45, 7) is 8.78. The van der Waals surface area contributed by atoms with Gasteiger partial charge in [-0.1, -0.05) is 32.8 Å². The minimum absolute atomic E-state index is 0.0884. The van der Waals surface area contributed by atoms with Gasteiger partial charge in [-0.25, -0.2) is 4.39 Å². The molecule has 1 saturated carbocycles. The maximum absolute atomic E-state index is 13.7. The van der Waals surface area contributed by atoms with Crippen LogP contribution >= 0.6 is 0 Å². The monoisotopic (exact) mass is 291 g/mol. The van der Waals surface area contributed by atoms with Crippen molar-refractivity contribution in [1.29, 1.82) is 0 Å². The molecular formula is C19H30FN. The van der Waals surface area contributed by atoms with Crippen molar-refractivity contribution in [3.63, 3.8) is 0 Å². The first-order valence-corrected chi connectivity index (χ1v) is 8.62. The highest BCUT2D eigenvalue weighted by Crippen LogP contribution is 2.42. The molecule has 3 atom stereocenters. The minimum Gasteiger partial charge on any atom is -0.316 e. The van der Waals surface area contributed by atoms with Gasteiger partial charge >= 0.3 is 0 Å². The Morgan fingerprint density at radius 3 is 2.76 bits per heavy atom. The average Bonchev–Trinajstić information content (AvgIpc) is 2.50. The lowest BCUT2D eigenvalue weighted by molar-refractivity contribution is 0.225. The quantitative estimate of drug-likeness (QED) is 0.724. The van der Waals surface area contributed by atoms with Crippen LogP contribution in [0.5, 0.6) is 0 Å². The van der Waals surface area contributed by atoms with Crippen LogP contribution in [-0.2, 0) is 0 Å². The standard InChI is InChI=1S/C19H30FN/c1-4-10-21-13-16-8-7-15(5-2)11-19(16)18-12-17(20)9-6-14(18)3/h6,9,12,15-16,19,21H,4-5,7-8,10-11,13H2,1-3H3. The van der Waals surface area contributed by atoms with E-state index < -0.39 is 0 Å². The van der Waals surface area contributed by atoms with Gasteiger partial charge in [0.2, 0.25) is 0 Å². The summed E-state index contributed by atoms with van der Waals surface area (Å²) in [5, 5.41) is 3.58. The van der Waals surface area contributed by atoms with Crippen molar-refractivity contribution in [3.8, 4) is 0 Å². The van der Waals surface area contributed by atoms with Crippen molar-refractivity contribution in [1.82, 2.24) is 5.32 Å². The van der Waals surface area contributed by atoms with E-state index in [9.17, 15) is 4.39 Å². The highest BCUT2D eigenvalue weighted by Gasteiger charge is 2.31. The zero-order chi connectivity index (χ0) is 15.2. The van der Waals surface area contributed by atoms with Crippen LogP contribution in [0.4, 0.5) is 4.39 Å². The molecule has 1 N–H and O–H groups in total. The van der Waals surface area contributed by atoms with Gasteiger partial charge in [0.15, 0.2) is 0 Å². The lowest BCUT2D eigenvalue weighted by Gasteiger charge is -2.37. The Balaban J connectivity index is 2.17. The highest BCUT2D eigenvalue weighted by molar-refractivity contribution is 5.31. The first kappa shape index (κ1) is 16.5. The Labute approximate surface area is 129 Å². The Morgan fingerprint density at radius 1 is 1.24 bits per heavy atom. The van der Waals surface area contributed by atoms with E-state index in [1.54, 1.807) is 12.1 Å². The Hall–Kier alpha value is -0.890. The number of halogens is 1. The number of benzene rings is 1. The predicted molar refractivity (Wildman–Crippen MR) is 88.2 cm³/mol. The molecule has 118 valence electrons. The molecule has 0 heterocycles.